The SMILES string of the molecule is O=C1OC(=O)[C@H]2C[C@H]3C(=O)OC(=O)[C@H]3[C@@H]12. The molecule has 0 spiro atoms. The molecule has 0 unspecified atom stereocenters. The summed E-state index contributed by atoms with van der Waals surface area (Å²) in [7, 11) is 0. The van der Waals surface area contributed by atoms with Crippen LogP contribution in [0.5, 0.6) is 0 Å². The van der Waals surface area contributed by atoms with Crippen molar-refractivity contribution in [3.05, 3.63) is 0 Å². The second kappa shape index (κ2) is 2.44. The van der Waals surface area contributed by atoms with Gasteiger partial charge in [0.2, 0.25) is 0 Å². The zero-order valence-corrected chi connectivity index (χ0v) is 7.47. The Bertz CT molecular complexity index is 373. The summed E-state index contributed by atoms with van der Waals surface area (Å²) in [5.41, 5.74) is 0. The molecule has 1 saturated carbocycles. The molecule has 0 aromatic rings. The summed E-state index contributed by atoms with van der Waals surface area (Å²) in [5, 5.41) is 0. The van der Waals surface area contributed by atoms with Gasteiger partial charge in [0.25, 0.3) is 0 Å². The Morgan fingerprint density at radius 2 is 1.13 bits per heavy atom. The molecule has 3 rings (SSSR count). The highest BCUT2D eigenvalue weighted by atomic mass is 16.6. The van der Waals surface area contributed by atoms with Crippen LogP contribution in [0, 0.1) is 23.7 Å². The van der Waals surface area contributed by atoms with Crippen molar-refractivity contribution in [1.82, 2.24) is 0 Å². The molecule has 2 saturated heterocycles. The third-order valence-corrected chi connectivity index (χ3v) is 3.31. The fourth-order valence-electron chi connectivity index (χ4n) is 2.66. The van der Waals surface area contributed by atoms with Crippen molar-refractivity contribution in [3.8, 4) is 0 Å². The van der Waals surface area contributed by atoms with Gasteiger partial charge in [0.05, 0.1) is 23.7 Å². The molecule has 4 atom stereocenters. The van der Waals surface area contributed by atoms with Crippen molar-refractivity contribution < 1.29 is 28.7 Å². The van der Waals surface area contributed by atoms with Crippen LogP contribution in [-0.2, 0) is 28.7 Å². The maximum Gasteiger partial charge on any atom is 0.318 e. The largest absolute Gasteiger partial charge is 0.393 e. The normalized spacial score (nSPS) is 42.7. The predicted octanol–water partition coefficient (Wildman–Crippen LogP) is -0.978. The van der Waals surface area contributed by atoms with Crippen molar-refractivity contribution in [3.63, 3.8) is 0 Å². The van der Waals surface area contributed by atoms with Crippen molar-refractivity contribution in [2.45, 2.75) is 6.42 Å². The summed E-state index contributed by atoms with van der Waals surface area (Å²) < 4.78 is 8.85. The van der Waals surface area contributed by atoms with Crippen molar-refractivity contribution in [2.24, 2.45) is 23.7 Å². The van der Waals surface area contributed by atoms with E-state index in [2.05, 4.69) is 9.47 Å². The molecule has 3 fully saturated rings. The van der Waals surface area contributed by atoms with Gasteiger partial charge in [-0.2, -0.15) is 0 Å². The molecule has 15 heavy (non-hydrogen) atoms. The van der Waals surface area contributed by atoms with Gasteiger partial charge in [-0.15, -0.1) is 0 Å². The fourth-order valence-corrected chi connectivity index (χ4v) is 2.66. The second-order valence-corrected chi connectivity index (χ2v) is 3.98. The van der Waals surface area contributed by atoms with Gasteiger partial charge in [-0.05, 0) is 6.42 Å². The molecule has 0 radical (unpaired) electrons. The van der Waals surface area contributed by atoms with E-state index in [1.807, 2.05) is 0 Å². The molecule has 6 heteroatoms. The molecule has 78 valence electrons. The van der Waals surface area contributed by atoms with E-state index in [0.29, 0.717) is 0 Å². The Morgan fingerprint density at radius 1 is 0.733 bits per heavy atom. The van der Waals surface area contributed by atoms with Gasteiger partial charge in [0, 0.05) is 0 Å². The lowest BCUT2D eigenvalue weighted by Gasteiger charge is -2.06. The lowest BCUT2D eigenvalue weighted by Crippen LogP contribution is -2.24. The molecule has 0 aromatic heterocycles. The summed E-state index contributed by atoms with van der Waals surface area (Å²) in [6, 6.07) is 0. The first-order chi connectivity index (χ1) is 7.09. The fraction of sp³-hybridized carbons (Fsp3) is 0.556. The third kappa shape index (κ3) is 0.886. The van der Waals surface area contributed by atoms with Gasteiger partial charge in [-0.3, -0.25) is 19.2 Å². The average molecular weight is 210 g/mol. The molecule has 0 N–H and O–H groups in total. The lowest BCUT2D eigenvalue weighted by atomic mass is 9.90. The van der Waals surface area contributed by atoms with E-state index < -0.39 is 47.5 Å². The van der Waals surface area contributed by atoms with Crippen LogP contribution in [-0.4, -0.2) is 23.9 Å². The zero-order valence-electron chi connectivity index (χ0n) is 7.47. The number of hydrogen-bond donors (Lipinski definition) is 0. The van der Waals surface area contributed by atoms with Crippen LogP contribution in [0.25, 0.3) is 0 Å². The number of carbonyl (C=O) groups excluding carboxylic acids is 4. The zero-order chi connectivity index (χ0) is 10.7. The molecular weight excluding hydrogens is 204 g/mol. The summed E-state index contributed by atoms with van der Waals surface area (Å²) >= 11 is 0. The first-order valence-electron chi connectivity index (χ1n) is 4.60. The van der Waals surface area contributed by atoms with E-state index in [-0.39, 0.29) is 6.42 Å². The Hall–Kier alpha value is -1.72. The summed E-state index contributed by atoms with van der Waals surface area (Å²) in [4.78, 5) is 45.0. The molecule has 0 aromatic carbocycles. The van der Waals surface area contributed by atoms with Crippen molar-refractivity contribution in [2.75, 3.05) is 0 Å². The van der Waals surface area contributed by atoms with Crippen LogP contribution in [0.2, 0.25) is 0 Å². The van der Waals surface area contributed by atoms with E-state index in [1.54, 1.807) is 0 Å². The molecule has 0 bridgehead atoms. The van der Waals surface area contributed by atoms with E-state index in [1.165, 1.54) is 0 Å². The summed E-state index contributed by atoms with van der Waals surface area (Å²) in [6.45, 7) is 0. The minimum atomic E-state index is -0.804. The van der Waals surface area contributed by atoms with E-state index >= 15 is 0 Å². The quantitative estimate of drug-likeness (QED) is 0.377. The van der Waals surface area contributed by atoms with Crippen LogP contribution in [0.1, 0.15) is 6.42 Å². The van der Waals surface area contributed by atoms with Gasteiger partial charge in [0.15, 0.2) is 0 Å². The highest BCUT2D eigenvalue weighted by Gasteiger charge is 2.64. The topological polar surface area (TPSA) is 86.7 Å². The van der Waals surface area contributed by atoms with Crippen LogP contribution < -0.4 is 0 Å². The average Bonchev–Trinajstić information content (AvgIpc) is 2.72. The number of carbonyl (C=O) groups is 4. The van der Waals surface area contributed by atoms with Crippen molar-refractivity contribution in [1.29, 1.82) is 0 Å². The number of rotatable bonds is 0. The highest BCUT2D eigenvalue weighted by Crippen LogP contribution is 2.49. The Balaban J connectivity index is 2.03. The molecular formula is C9H6O6. The smallest absolute Gasteiger partial charge is 0.318 e. The van der Waals surface area contributed by atoms with E-state index in [4.69, 9.17) is 0 Å². The summed E-state index contributed by atoms with van der Waals surface area (Å²) in [6.07, 6.45) is 0.185. The molecule has 6 nitrogen and oxygen atoms in total. The van der Waals surface area contributed by atoms with E-state index in [0.717, 1.165) is 0 Å². The number of hydrogen-bond acceptors (Lipinski definition) is 6. The Kier molecular flexibility index (Phi) is 1.40. The van der Waals surface area contributed by atoms with Crippen LogP contribution in [0.3, 0.4) is 0 Å². The molecule has 0 amide bonds. The molecule has 1 aliphatic carbocycles. The standard InChI is InChI=1S/C9H6O6/c10-6-2-1-3-5(4(2)8(12)14-6)9(13)15-7(3)11/h2-5H,1H2/t2-,3+,4-,5+. The monoisotopic (exact) mass is 210 g/mol. The van der Waals surface area contributed by atoms with Gasteiger partial charge < -0.3 is 9.47 Å². The van der Waals surface area contributed by atoms with Gasteiger partial charge in [0.1, 0.15) is 0 Å². The van der Waals surface area contributed by atoms with Crippen LogP contribution in [0.4, 0.5) is 0 Å². The Morgan fingerprint density at radius 3 is 1.53 bits per heavy atom. The maximum absolute atomic E-state index is 11.3. The molecule has 3 aliphatic rings. The molecule has 2 heterocycles. The first kappa shape index (κ1) is 8.58. The maximum atomic E-state index is 11.3. The number of ether oxygens (including phenoxy) is 2. The first-order valence-corrected chi connectivity index (χ1v) is 4.60. The number of esters is 4. The van der Waals surface area contributed by atoms with E-state index in [9.17, 15) is 19.2 Å². The number of fused-ring (bicyclic) bond motifs is 3. The third-order valence-electron chi connectivity index (χ3n) is 3.31. The van der Waals surface area contributed by atoms with Gasteiger partial charge in [-0.1, -0.05) is 0 Å². The highest BCUT2D eigenvalue weighted by molar-refractivity contribution is 6.05. The van der Waals surface area contributed by atoms with Gasteiger partial charge >= 0.3 is 23.9 Å². The van der Waals surface area contributed by atoms with Gasteiger partial charge in [-0.25, -0.2) is 0 Å². The minimum Gasteiger partial charge on any atom is -0.393 e. The minimum absolute atomic E-state index is 0.185. The lowest BCUT2D eigenvalue weighted by molar-refractivity contribution is -0.158. The Labute approximate surface area is 83.5 Å². The van der Waals surface area contributed by atoms with Crippen LogP contribution >= 0.6 is 0 Å². The summed E-state index contributed by atoms with van der Waals surface area (Å²) in [5.74, 6) is -5.54. The van der Waals surface area contributed by atoms with Crippen molar-refractivity contribution >= 4 is 23.9 Å². The number of cyclic esters (lactones) is 4. The molecule has 2 aliphatic heterocycles. The van der Waals surface area contributed by atoms with Crippen LogP contribution in [0.15, 0.2) is 0 Å². The second-order valence-electron chi connectivity index (χ2n) is 3.98. The predicted molar refractivity (Wildman–Crippen MR) is 40.8 cm³/mol.